The van der Waals surface area contributed by atoms with Crippen LogP contribution in [0.15, 0.2) is 0 Å². The Morgan fingerprint density at radius 2 is 2.05 bits per heavy atom. The van der Waals surface area contributed by atoms with Crippen LogP contribution in [0, 0.1) is 11.6 Å². The standard InChI is InChI=1S/C14H15F2NO3/c1-17-9(18)3-2-7-6-20-14-10(7)8-4-5-19-13(8)11(15)12(14)16/h7H,2-6H2,1H3,(H,17,18)/t7-/m1/s1. The third-order valence-electron chi connectivity index (χ3n) is 3.87. The predicted molar refractivity (Wildman–Crippen MR) is 67.1 cm³/mol. The van der Waals surface area contributed by atoms with Gasteiger partial charge < -0.3 is 14.8 Å². The molecule has 0 bridgehead atoms. The Bertz CT molecular complexity index is 574. The third-order valence-corrected chi connectivity index (χ3v) is 3.87. The second kappa shape index (κ2) is 4.92. The van der Waals surface area contributed by atoms with E-state index in [0.29, 0.717) is 37.0 Å². The van der Waals surface area contributed by atoms with Crippen LogP contribution in [0.4, 0.5) is 8.78 Å². The minimum absolute atomic E-state index is 0.00587. The summed E-state index contributed by atoms with van der Waals surface area (Å²) < 4.78 is 38.2. The molecule has 20 heavy (non-hydrogen) atoms. The van der Waals surface area contributed by atoms with E-state index >= 15 is 0 Å². The minimum Gasteiger partial charge on any atom is -0.490 e. The molecule has 1 amide bonds. The minimum atomic E-state index is -0.983. The van der Waals surface area contributed by atoms with Crippen molar-refractivity contribution in [2.24, 2.45) is 0 Å². The van der Waals surface area contributed by atoms with Crippen molar-refractivity contribution >= 4 is 5.91 Å². The van der Waals surface area contributed by atoms with Crippen molar-refractivity contribution in [3.63, 3.8) is 0 Å². The summed E-state index contributed by atoms with van der Waals surface area (Å²) in [5.41, 5.74) is 1.37. The Morgan fingerprint density at radius 3 is 2.80 bits per heavy atom. The molecule has 0 saturated carbocycles. The van der Waals surface area contributed by atoms with Gasteiger partial charge in [-0.1, -0.05) is 0 Å². The maximum absolute atomic E-state index is 13.9. The van der Waals surface area contributed by atoms with E-state index in [2.05, 4.69) is 5.32 Å². The van der Waals surface area contributed by atoms with Gasteiger partial charge in [-0.3, -0.25) is 4.79 Å². The summed E-state index contributed by atoms with van der Waals surface area (Å²) in [6, 6.07) is 0. The lowest BCUT2D eigenvalue weighted by Gasteiger charge is -2.12. The van der Waals surface area contributed by atoms with Gasteiger partial charge in [0.25, 0.3) is 0 Å². The lowest BCUT2D eigenvalue weighted by Crippen LogP contribution is -2.18. The Morgan fingerprint density at radius 1 is 1.30 bits per heavy atom. The lowest BCUT2D eigenvalue weighted by molar-refractivity contribution is -0.120. The average molecular weight is 283 g/mol. The molecule has 1 N–H and O–H groups in total. The van der Waals surface area contributed by atoms with E-state index in [-0.39, 0.29) is 29.9 Å². The molecule has 4 nitrogen and oxygen atoms in total. The van der Waals surface area contributed by atoms with Crippen molar-refractivity contribution in [1.82, 2.24) is 5.32 Å². The molecular formula is C14H15F2NO3. The van der Waals surface area contributed by atoms with Crippen LogP contribution in [-0.4, -0.2) is 26.2 Å². The SMILES string of the molecule is CNC(=O)CC[C@@H]1COc2c(F)c(F)c3c(c21)CCO3. The summed E-state index contributed by atoms with van der Waals surface area (Å²) in [5.74, 6) is -2.11. The van der Waals surface area contributed by atoms with Crippen LogP contribution < -0.4 is 14.8 Å². The van der Waals surface area contributed by atoms with E-state index in [1.165, 1.54) is 0 Å². The number of amides is 1. The molecule has 0 unspecified atom stereocenters. The predicted octanol–water partition coefficient (Wildman–Crippen LogP) is 1.90. The molecule has 2 aliphatic heterocycles. The molecule has 0 fully saturated rings. The van der Waals surface area contributed by atoms with Crippen LogP contribution >= 0.6 is 0 Å². The van der Waals surface area contributed by atoms with Crippen molar-refractivity contribution in [2.45, 2.75) is 25.2 Å². The molecule has 0 radical (unpaired) electrons. The summed E-state index contributed by atoms with van der Waals surface area (Å²) in [4.78, 5) is 11.3. The number of hydrogen-bond acceptors (Lipinski definition) is 3. The number of ether oxygens (including phenoxy) is 2. The number of fused-ring (bicyclic) bond motifs is 3. The monoisotopic (exact) mass is 283 g/mol. The maximum atomic E-state index is 13.9. The van der Waals surface area contributed by atoms with Crippen LogP contribution in [0.1, 0.15) is 29.9 Å². The second-order valence-corrected chi connectivity index (χ2v) is 5.00. The zero-order chi connectivity index (χ0) is 14.3. The molecule has 0 spiro atoms. The van der Waals surface area contributed by atoms with E-state index in [4.69, 9.17) is 9.47 Å². The number of hydrogen-bond donors (Lipinski definition) is 1. The molecule has 1 aromatic carbocycles. The van der Waals surface area contributed by atoms with Gasteiger partial charge in [0.1, 0.15) is 0 Å². The van der Waals surface area contributed by atoms with Crippen molar-refractivity contribution in [1.29, 1.82) is 0 Å². The quantitative estimate of drug-likeness (QED) is 0.921. The Balaban J connectivity index is 1.95. The Hall–Kier alpha value is -1.85. The third kappa shape index (κ3) is 1.90. The molecule has 2 aliphatic rings. The Kier molecular flexibility index (Phi) is 3.23. The van der Waals surface area contributed by atoms with Gasteiger partial charge in [0.15, 0.2) is 11.5 Å². The van der Waals surface area contributed by atoms with Gasteiger partial charge in [-0.15, -0.1) is 0 Å². The molecule has 6 heteroatoms. The van der Waals surface area contributed by atoms with E-state index in [9.17, 15) is 13.6 Å². The smallest absolute Gasteiger partial charge is 0.219 e. The van der Waals surface area contributed by atoms with Gasteiger partial charge in [-0.05, 0) is 6.42 Å². The highest BCUT2D eigenvalue weighted by Crippen LogP contribution is 2.47. The fourth-order valence-corrected chi connectivity index (χ4v) is 2.86. The van der Waals surface area contributed by atoms with Crippen LogP contribution in [-0.2, 0) is 11.2 Å². The zero-order valence-corrected chi connectivity index (χ0v) is 11.1. The molecule has 2 heterocycles. The number of nitrogens with one attached hydrogen (secondary N) is 1. The molecule has 1 atom stereocenters. The number of benzene rings is 1. The summed E-state index contributed by atoms with van der Waals surface area (Å²) >= 11 is 0. The number of rotatable bonds is 3. The van der Waals surface area contributed by atoms with E-state index < -0.39 is 11.6 Å². The van der Waals surface area contributed by atoms with Crippen molar-refractivity contribution in [3.05, 3.63) is 22.8 Å². The van der Waals surface area contributed by atoms with E-state index in [1.54, 1.807) is 7.05 Å². The molecule has 0 saturated heterocycles. The van der Waals surface area contributed by atoms with Crippen LogP contribution in [0.5, 0.6) is 11.5 Å². The topological polar surface area (TPSA) is 47.6 Å². The zero-order valence-electron chi connectivity index (χ0n) is 11.1. The second-order valence-electron chi connectivity index (χ2n) is 5.00. The highest BCUT2D eigenvalue weighted by Gasteiger charge is 2.37. The van der Waals surface area contributed by atoms with Crippen LogP contribution in [0.3, 0.4) is 0 Å². The van der Waals surface area contributed by atoms with Crippen LogP contribution in [0.2, 0.25) is 0 Å². The first-order valence-corrected chi connectivity index (χ1v) is 6.63. The molecule has 3 rings (SSSR count). The molecular weight excluding hydrogens is 268 g/mol. The van der Waals surface area contributed by atoms with Crippen molar-refractivity contribution in [3.8, 4) is 11.5 Å². The normalized spacial score (nSPS) is 19.1. The maximum Gasteiger partial charge on any atom is 0.219 e. The van der Waals surface area contributed by atoms with Crippen molar-refractivity contribution < 1.29 is 23.0 Å². The number of carbonyl (C=O) groups is 1. The Labute approximate surface area is 115 Å². The fourth-order valence-electron chi connectivity index (χ4n) is 2.86. The summed E-state index contributed by atoms with van der Waals surface area (Å²) in [5, 5.41) is 2.55. The van der Waals surface area contributed by atoms with Crippen LogP contribution in [0.25, 0.3) is 0 Å². The van der Waals surface area contributed by atoms with E-state index in [0.717, 1.165) is 0 Å². The van der Waals surface area contributed by atoms with Gasteiger partial charge in [-0.25, -0.2) is 0 Å². The molecule has 1 aromatic rings. The van der Waals surface area contributed by atoms with Gasteiger partial charge in [-0.2, -0.15) is 8.78 Å². The first-order chi connectivity index (χ1) is 9.63. The molecule has 108 valence electrons. The lowest BCUT2D eigenvalue weighted by atomic mass is 9.90. The first kappa shape index (κ1) is 13.1. The van der Waals surface area contributed by atoms with Gasteiger partial charge in [0, 0.05) is 36.9 Å². The average Bonchev–Trinajstić information content (AvgIpc) is 3.08. The van der Waals surface area contributed by atoms with Gasteiger partial charge in [0.05, 0.1) is 13.2 Å². The van der Waals surface area contributed by atoms with Gasteiger partial charge >= 0.3 is 0 Å². The highest BCUT2D eigenvalue weighted by atomic mass is 19.2. The van der Waals surface area contributed by atoms with Gasteiger partial charge in [0.2, 0.25) is 17.5 Å². The first-order valence-electron chi connectivity index (χ1n) is 6.63. The highest BCUT2D eigenvalue weighted by molar-refractivity contribution is 5.75. The molecule has 0 aromatic heterocycles. The summed E-state index contributed by atoms with van der Waals surface area (Å²) in [6.45, 7) is 0.628. The summed E-state index contributed by atoms with van der Waals surface area (Å²) in [7, 11) is 1.57. The number of halogens is 2. The van der Waals surface area contributed by atoms with Crippen molar-refractivity contribution in [2.75, 3.05) is 20.3 Å². The molecule has 0 aliphatic carbocycles. The fraction of sp³-hybridized carbons (Fsp3) is 0.500. The summed E-state index contributed by atoms with van der Waals surface area (Å²) in [6.07, 6.45) is 1.43. The largest absolute Gasteiger partial charge is 0.490 e. The van der Waals surface area contributed by atoms with E-state index in [1.807, 2.05) is 0 Å². The number of carbonyl (C=O) groups excluding carboxylic acids is 1.